The maximum Gasteiger partial charge on any atom is 0.244 e. The minimum Gasteiger partial charge on any atom is -0.333 e. The molecule has 1 fully saturated rings. The van der Waals surface area contributed by atoms with Gasteiger partial charge in [-0.1, -0.05) is 29.3 Å². The quantitative estimate of drug-likeness (QED) is 0.928. The number of carbonyl (C=O) groups is 2. The predicted molar refractivity (Wildman–Crippen MR) is 70.9 cm³/mol. The first-order chi connectivity index (χ1) is 8.58. The molecule has 0 spiro atoms. The molecule has 0 atom stereocenters. The first kappa shape index (κ1) is 13.2. The van der Waals surface area contributed by atoms with E-state index in [0.29, 0.717) is 28.7 Å². The summed E-state index contributed by atoms with van der Waals surface area (Å²) in [6.45, 7) is 0.692. The second-order valence-electron chi connectivity index (χ2n) is 4.07. The van der Waals surface area contributed by atoms with Crippen molar-refractivity contribution < 1.29 is 9.59 Å². The average molecular weight is 287 g/mol. The smallest absolute Gasteiger partial charge is 0.244 e. The van der Waals surface area contributed by atoms with Gasteiger partial charge in [0.05, 0.1) is 22.3 Å². The van der Waals surface area contributed by atoms with E-state index in [9.17, 15) is 9.59 Å². The van der Waals surface area contributed by atoms with Crippen LogP contribution in [0.25, 0.3) is 0 Å². The van der Waals surface area contributed by atoms with Gasteiger partial charge in [-0.2, -0.15) is 0 Å². The zero-order valence-electron chi connectivity index (χ0n) is 9.58. The molecule has 2 rings (SSSR count). The van der Waals surface area contributed by atoms with Crippen molar-refractivity contribution in [3.63, 3.8) is 0 Å². The van der Waals surface area contributed by atoms with E-state index in [1.54, 1.807) is 18.2 Å². The minimum atomic E-state index is -0.269. The number of hydrogen-bond donors (Lipinski definition) is 1. The first-order valence-corrected chi connectivity index (χ1v) is 6.35. The molecule has 0 saturated carbocycles. The number of hydrogen-bond acceptors (Lipinski definition) is 2. The molecule has 4 nitrogen and oxygen atoms in total. The fraction of sp³-hybridized carbons (Fsp3) is 0.333. The van der Waals surface area contributed by atoms with Gasteiger partial charge in [-0.05, 0) is 18.6 Å². The van der Waals surface area contributed by atoms with Gasteiger partial charge in [0.1, 0.15) is 0 Å². The monoisotopic (exact) mass is 286 g/mol. The van der Waals surface area contributed by atoms with E-state index in [1.807, 2.05) is 0 Å². The van der Waals surface area contributed by atoms with E-state index in [2.05, 4.69) is 5.32 Å². The molecule has 1 aliphatic rings. The van der Waals surface area contributed by atoms with Crippen LogP contribution in [-0.2, 0) is 9.59 Å². The summed E-state index contributed by atoms with van der Waals surface area (Å²) in [7, 11) is 0. The Kier molecular flexibility index (Phi) is 4.09. The van der Waals surface area contributed by atoms with E-state index in [1.165, 1.54) is 4.90 Å². The van der Waals surface area contributed by atoms with Crippen molar-refractivity contribution in [2.45, 2.75) is 12.8 Å². The van der Waals surface area contributed by atoms with Gasteiger partial charge >= 0.3 is 0 Å². The largest absolute Gasteiger partial charge is 0.333 e. The summed E-state index contributed by atoms with van der Waals surface area (Å²) >= 11 is 11.8. The molecule has 2 amide bonds. The van der Waals surface area contributed by atoms with Crippen LogP contribution in [0.3, 0.4) is 0 Å². The molecule has 1 aromatic carbocycles. The van der Waals surface area contributed by atoms with E-state index < -0.39 is 0 Å². The fourth-order valence-electron chi connectivity index (χ4n) is 1.83. The molecule has 0 radical (unpaired) electrons. The predicted octanol–water partition coefficient (Wildman–Crippen LogP) is 2.55. The Morgan fingerprint density at radius 1 is 1.39 bits per heavy atom. The molecule has 1 aromatic rings. The topological polar surface area (TPSA) is 49.4 Å². The van der Waals surface area contributed by atoms with Gasteiger partial charge in [-0.3, -0.25) is 9.59 Å². The third-order valence-electron chi connectivity index (χ3n) is 2.73. The summed E-state index contributed by atoms with van der Waals surface area (Å²) in [5.41, 5.74) is 0.459. The van der Waals surface area contributed by atoms with Crippen molar-refractivity contribution in [3.05, 3.63) is 28.2 Å². The molecule has 0 aliphatic carbocycles. The highest BCUT2D eigenvalue weighted by Gasteiger charge is 2.22. The Hall–Kier alpha value is -1.26. The molecule has 96 valence electrons. The molecule has 1 heterocycles. The van der Waals surface area contributed by atoms with E-state index >= 15 is 0 Å². The SMILES string of the molecule is O=C(CN1CCCC1=O)Nc1cccc(Cl)c1Cl. The number of halogens is 2. The van der Waals surface area contributed by atoms with Crippen molar-refractivity contribution in [2.24, 2.45) is 0 Å². The number of anilines is 1. The van der Waals surface area contributed by atoms with Gasteiger partial charge in [-0.15, -0.1) is 0 Å². The van der Waals surface area contributed by atoms with Crippen LogP contribution in [0.15, 0.2) is 18.2 Å². The Balaban J connectivity index is 1.99. The number of likely N-dealkylation sites (tertiary alicyclic amines) is 1. The molecular weight excluding hydrogens is 275 g/mol. The van der Waals surface area contributed by atoms with Crippen LogP contribution in [-0.4, -0.2) is 29.8 Å². The van der Waals surface area contributed by atoms with Crippen molar-refractivity contribution in [1.82, 2.24) is 4.90 Å². The highest BCUT2D eigenvalue weighted by atomic mass is 35.5. The lowest BCUT2D eigenvalue weighted by molar-refractivity contribution is -0.131. The van der Waals surface area contributed by atoms with Crippen LogP contribution in [0, 0.1) is 0 Å². The first-order valence-electron chi connectivity index (χ1n) is 5.59. The fourth-order valence-corrected chi connectivity index (χ4v) is 2.18. The lowest BCUT2D eigenvalue weighted by atomic mass is 10.3. The maximum atomic E-state index is 11.8. The number of rotatable bonds is 3. The molecule has 0 bridgehead atoms. The second kappa shape index (κ2) is 5.59. The van der Waals surface area contributed by atoms with Crippen molar-refractivity contribution in [1.29, 1.82) is 0 Å². The molecule has 1 saturated heterocycles. The van der Waals surface area contributed by atoms with Crippen LogP contribution < -0.4 is 5.32 Å². The summed E-state index contributed by atoms with van der Waals surface area (Å²) in [5, 5.41) is 3.34. The number of benzene rings is 1. The Labute approximate surface area is 115 Å². The van der Waals surface area contributed by atoms with Crippen molar-refractivity contribution in [3.8, 4) is 0 Å². The Morgan fingerprint density at radius 2 is 2.17 bits per heavy atom. The third-order valence-corrected chi connectivity index (χ3v) is 3.55. The normalized spacial score (nSPS) is 15.0. The standard InChI is InChI=1S/C12H12Cl2N2O2/c13-8-3-1-4-9(12(8)14)15-10(17)7-16-6-2-5-11(16)18/h1,3-4H,2,5-7H2,(H,15,17). The summed E-state index contributed by atoms with van der Waals surface area (Å²) in [6, 6.07) is 5.01. The molecule has 0 aromatic heterocycles. The summed E-state index contributed by atoms with van der Waals surface area (Å²) < 4.78 is 0. The summed E-state index contributed by atoms with van der Waals surface area (Å²) in [6.07, 6.45) is 1.33. The molecule has 0 unspecified atom stereocenters. The van der Waals surface area contributed by atoms with E-state index in [0.717, 1.165) is 6.42 Å². The molecular formula is C12H12Cl2N2O2. The van der Waals surface area contributed by atoms with Crippen LogP contribution in [0.2, 0.25) is 10.0 Å². The van der Waals surface area contributed by atoms with Gasteiger partial charge in [0.25, 0.3) is 0 Å². The molecule has 6 heteroatoms. The highest BCUT2D eigenvalue weighted by molar-refractivity contribution is 6.44. The zero-order chi connectivity index (χ0) is 13.1. The van der Waals surface area contributed by atoms with E-state index in [4.69, 9.17) is 23.2 Å². The van der Waals surface area contributed by atoms with Gasteiger partial charge in [0.2, 0.25) is 11.8 Å². The number of nitrogens with zero attached hydrogens (tertiary/aromatic N) is 1. The van der Waals surface area contributed by atoms with Crippen molar-refractivity contribution in [2.75, 3.05) is 18.4 Å². The van der Waals surface area contributed by atoms with Gasteiger partial charge in [-0.25, -0.2) is 0 Å². The number of nitrogens with one attached hydrogen (secondary N) is 1. The third kappa shape index (κ3) is 2.94. The van der Waals surface area contributed by atoms with Crippen LogP contribution in [0.4, 0.5) is 5.69 Å². The number of amides is 2. The highest BCUT2D eigenvalue weighted by Crippen LogP contribution is 2.29. The summed E-state index contributed by atoms with van der Waals surface area (Å²) in [5.74, 6) is -0.253. The van der Waals surface area contributed by atoms with Gasteiger partial charge in [0, 0.05) is 13.0 Å². The second-order valence-corrected chi connectivity index (χ2v) is 4.85. The van der Waals surface area contributed by atoms with Crippen LogP contribution in [0.5, 0.6) is 0 Å². The molecule has 1 N–H and O–H groups in total. The van der Waals surface area contributed by atoms with Crippen molar-refractivity contribution >= 4 is 40.7 Å². The maximum absolute atomic E-state index is 11.8. The minimum absolute atomic E-state index is 0.0161. The Bertz CT molecular complexity index is 491. The van der Waals surface area contributed by atoms with E-state index in [-0.39, 0.29) is 18.4 Å². The zero-order valence-corrected chi connectivity index (χ0v) is 11.1. The lowest BCUT2D eigenvalue weighted by Crippen LogP contribution is -2.34. The number of carbonyl (C=O) groups excluding carboxylic acids is 2. The molecule has 18 heavy (non-hydrogen) atoms. The lowest BCUT2D eigenvalue weighted by Gasteiger charge is -2.15. The van der Waals surface area contributed by atoms with Crippen LogP contribution in [0.1, 0.15) is 12.8 Å². The summed E-state index contributed by atoms with van der Waals surface area (Å²) in [4.78, 5) is 24.7. The molecule has 1 aliphatic heterocycles. The average Bonchev–Trinajstić information content (AvgIpc) is 2.71. The van der Waals surface area contributed by atoms with Gasteiger partial charge < -0.3 is 10.2 Å². The Morgan fingerprint density at radius 3 is 2.83 bits per heavy atom. The van der Waals surface area contributed by atoms with Gasteiger partial charge in [0.15, 0.2) is 0 Å². The van der Waals surface area contributed by atoms with Crippen LogP contribution >= 0.6 is 23.2 Å².